The minimum atomic E-state index is -1.17. The lowest BCUT2D eigenvalue weighted by molar-refractivity contribution is 0.0640. The third-order valence-corrected chi connectivity index (χ3v) is 6.26. The molecule has 5 aromatic rings. The van der Waals surface area contributed by atoms with E-state index in [-0.39, 0.29) is 5.56 Å². The van der Waals surface area contributed by atoms with E-state index in [1.54, 1.807) is 24.3 Å². The Morgan fingerprint density at radius 1 is 0.917 bits per heavy atom. The number of furan rings is 1. The second kappa shape index (κ2) is 8.78. The number of carbonyl (C=O) groups excluding carboxylic acids is 2. The Kier molecular flexibility index (Phi) is 5.30. The highest BCUT2D eigenvalue weighted by Crippen LogP contribution is 2.47. The number of ether oxygens (including phenoxy) is 2. The van der Waals surface area contributed by atoms with Gasteiger partial charge in [0.25, 0.3) is 0 Å². The first-order chi connectivity index (χ1) is 17.6. The Hall–Kier alpha value is -4.78. The summed E-state index contributed by atoms with van der Waals surface area (Å²) in [5.74, 6) is 1.19. The van der Waals surface area contributed by atoms with Crippen LogP contribution in [0.15, 0.2) is 89.5 Å². The van der Waals surface area contributed by atoms with Crippen molar-refractivity contribution in [3.05, 3.63) is 96.2 Å². The smallest absolute Gasteiger partial charge is 0.412 e. The molecule has 1 saturated carbocycles. The quantitative estimate of drug-likeness (QED) is 0.202. The maximum atomic E-state index is 13.0. The molecule has 1 aliphatic rings. The molecule has 0 radical (unpaired) electrons. The Morgan fingerprint density at radius 2 is 1.67 bits per heavy atom. The molecule has 1 amide bonds. The number of aromatic nitrogens is 1. The topological polar surface area (TPSA) is 108 Å². The van der Waals surface area contributed by atoms with Gasteiger partial charge in [0.2, 0.25) is 0 Å². The van der Waals surface area contributed by atoms with Crippen LogP contribution in [-0.2, 0) is 4.74 Å². The fourth-order valence-electron chi connectivity index (χ4n) is 4.47. The van der Waals surface area contributed by atoms with Crippen molar-refractivity contribution >= 4 is 23.0 Å². The second-order valence-corrected chi connectivity index (χ2v) is 8.75. The van der Waals surface area contributed by atoms with E-state index in [4.69, 9.17) is 19.6 Å². The highest BCUT2D eigenvalue weighted by molar-refractivity contribution is 6.11. The summed E-state index contributed by atoms with van der Waals surface area (Å²) in [7, 11) is 0. The molecule has 7 nitrogen and oxygen atoms in total. The van der Waals surface area contributed by atoms with Gasteiger partial charge in [-0.3, -0.25) is 0 Å². The summed E-state index contributed by atoms with van der Waals surface area (Å²) in [5, 5.41) is 0.582. The molecule has 36 heavy (non-hydrogen) atoms. The van der Waals surface area contributed by atoms with Crippen LogP contribution in [0.25, 0.3) is 33.6 Å². The van der Waals surface area contributed by atoms with Gasteiger partial charge in [-0.1, -0.05) is 18.2 Å². The summed E-state index contributed by atoms with van der Waals surface area (Å²) < 4.78 is 16.9. The monoisotopic (exact) mass is 478 g/mol. The lowest BCUT2D eigenvalue weighted by atomic mass is 9.96. The maximum Gasteiger partial charge on any atom is 0.412 e. The lowest BCUT2D eigenvalue weighted by Crippen LogP contribution is -2.18. The van der Waals surface area contributed by atoms with Gasteiger partial charge < -0.3 is 24.6 Å². The molecular weight excluding hydrogens is 456 g/mol. The molecule has 0 atom stereocenters. The van der Waals surface area contributed by atoms with Crippen LogP contribution in [0.3, 0.4) is 0 Å². The third-order valence-electron chi connectivity index (χ3n) is 6.26. The third kappa shape index (κ3) is 4.11. The summed E-state index contributed by atoms with van der Waals surface area (Å²) in [4.78, 5) is 27.7. The van der Waals surface area contributed by atoms with Gasteiger partial charge in [0, 0.05) is 28.4 Å². The highest BCUT2D eigenvalue weighted by atomic mass is 16.6. The van der Waals surface area contributed by atoms with Gasteiger partial charge in [-0.2, -0.15) is 0 Å². The minimum absolute atomic E-state index is 0.167. The number of para-hydroxylation sites is 1. The van der Waals surface area contributed by atoms with E-state index >= 15 is 0 Å². The van der Waals surface area contributed by atoms with E-state index in [9.17, 15) is 9.59 Å². The molecule has 0 bridgehead atoms. The first-order valence-corrected chi connectivity index (χ1v) is 11.7. The van der Waals surface area contributed by atoms with E-state index in [0.29, 0.717) is 39.7 Å². The van der Waals surface area contributed by atoms with E-state index in [0.717, 1.165) is 29.7 Å². The van der Waals surface area contributed by atoms with Crippen LogP contribution >= 0.6 is 0 Å². The lowest BCUT2D eigenvalue weighted by Gasteiger charge is -2.08. The Morgan fingerprint density at radius 3 is 2.33 bits per heavy atom. The minimum Gasteiger partial charge on any atom is -0.457 e. The Labute approximate surface area is 206 Å². The predicted molar refractivity (Wildman–Crippen MR) is 135 cm³/mol. The van der Waals surface area contributed by atoms with Crippen LogP contribution in [0.4, 0.5) is 4.79 Å². The summed E-state index contributed by atoms with van der Waals surface area (Å²) >= 11 is 0. The molecule has 2 aromatic heterocycles. The number of nitrogens with two attached hydrogens (primary N) is 1. The van der Waals surface area contributed by atoms with Gasteiger partial charge in [0.1, 0.15) is 28.4 Å². The van der Waals surface area contributed by atoms with Gasteiger partial charge in [0.05, 0.1) is 0 Å². The first-order valence-electron chi connectivity index (χ1n) is 11.7. The van der Waals surface area contributed by atoms with E-state index in [1.807, 2.05) is 60.8 Å². The van der Waals surface area contributed by atoms with Crippen LogP contribution in [0.5, 0.6) is 11.5 Å². The number of nitrogens with one attached hydrogen (secondary N) is 1. The van der Waals surface area contributed by atoms with Crippen molar-refractivity contribution in [2.45, 2.75) is 18.8 Å². The standard InChI is InChI=1S/C29H22N2O5/c30-29(33)36-28(32)26-23-15-21(17-8-9-17)22(24-7-4-14-31-24)16-25(23)35-27(26)18-10-12-20(13-11-18)34-19-5-2-1-3-6-19/h1-7,10-17,31H,8-9H2,(H2,30,33). The fourth-order valence-corrected chi connectivity index (χ4v) is 4.47. The zero-order valence-corrected chi connectivity index (χ0v) is 19.2. The number of hydrogen-bond donors (Lipinski definition) is 2. The zero-order chi connectivity index (χ0) is 24.6. The van der Waals surface area contributed by atoms with Crippen molar-refractivity contribution in [2.75, 3.05) is 0 Å². The Bertz CT molecular complexity index is 1560. The van der Waals surface area contributed by atoms with Crippen molar-refractivity contribution in [1.29, 1.82) is 0 Å². The number of hydrogen-bond acceptors (Lipinski definition) is 5. The first kappa shape index (κ1) is 21.7. The van der Waals surface area contributed by atoms with Crippen molar-refractivity contribution < 1.29 is 23.5 Å². The van der Waals surface area contributed by atoms with E-state index < -0.39 is 12.1 Å². The molecule has 0 saturated heterocycles. The van der Waals surface area contributed by atoms with E-state index in [2.05, 4.69) is 4.98 Å². The second-order valence-electron chi connectivity index (χ2n) is 8.75. The number of rotatable bonds is 6. The molecule has 6 rings (SSSR count). The number of fused-ring (bicyclic) bond motifs is 1. The SMILES string of the molecule is NC(=O)OC(=O)c1c(-c2ccc(Oc3ccccc3)cc2)oc2cc(-c3ccc[nH]3)c(C3CC3)cc12. The van der Waals surface area contributed by atoms with Gasteiger partial charge in [-0.15, -0.1) is 0 Å². The number of benzene rings is 3. The van der Waals surface area contributed by atoms with Crippen LogP contribution < -0.4 is 10.5 Å². The molecule has 7 heteroatoms. The Balaban J connectivity index is 1.47. The summed E-state index contributed by atoms with van der Waals surface area (Å²) in [6.07, 6.45) is 2.86. The van der Waals surface area contributed by atoms with Crippen molar-refractivity contribution in [1.82, 2.24) is 4.98 Å². The van der Waals surface area contributed by atoms with Gasteiger partial charge in [0.15, 0.2) is 0 Å². The summed E-state index contributed by atoms with van der Waals surface area (Å²) in [6.45, 7) is 0. The van der Waals surface area contributed by atoms with Crippen LogP contribution in [0.2, 0.25) is 0 Å². The molecule has 0 spiro atoms. The van der Waals surface area contributed by atoms with Gasteiger partial charge in [-0.25, -0.2) is 9.59 Å². The summed E-state index contributed by atoms with van der Waals surface area (Å²) in [5.41, 5.74) is 9.61. The largest absolute Gasteiger partial charge is 0.457 e. The van der Waals surface area contributed by atoms with Crippen molar-refractivity contribution in [3.63, 3.8) is 0 Å². The van der Waals surface area contributed by atoms with Crippen molar-refractivity contribution in [2.24, 2.45) is 5.73 Å². The van der Waals surface area contributed by atoms with Gasteiger partial charge >= 0.3 is 12.1 Å². The van der Waals surface area contributed by atoms with Crippen molar-refractivity contribution in [3.8, 4) is 34.1 Å². The number of aromatic amines is 1. The van der Waals surface area contributed by atoms with Gasteiger partial charge in [-0.05, 0) is 85.0 Å². The number of carbonyl (C=O) groups is 2. The molecule has 3 aromatic carbocycles. The molecule has 0 unspecified atom stereocenters. The normalized spacial score (nSPS) is 13.0. The van der Waals surface area contributed by atoms with Crippen LogP contribution in [0.1, 0.15) is 34.7 Å². The number of amides is 1. The molecule has 1 aliphatic carbocycles. The molecule has 3 N–H and O–H groups in total. The molecule has 2 heterocycles. The number of esters is 1. The predicted octanol–water partition coefficient (Wildman–Crippen LogP) is 7.00. The molecule has 1 fully saturated rings. The van der Waals surface area contributed by atoms with E-state index in [1.165, 1.54) is 0 Å². The van der Waals surface area contributed by atoms with Crippen LogP contribution in [0, 0.1) is 0 Å². The zero-order valence-electron chi connectivity index (χ0n) is 19.2. The maximum absolute atomic E-state index is 13.0. The average Bonchev–Trinajstić information content (AvgIpc) is 3.43. The summed E-state index contributed by atoms with van der Waals surface area (Å²) in [6, 6.07) is 24.5. The average molecular weight is 479 g/mol. The molecule has 0 aliphatic heterocycles. The molecule has 178 valence electrons. The molecular formula is C29H22N2O5. The number of H-pyrrole nitrogens is 1. The number of primary amides is 1. The van der Waals surface area contributed by atoms with Crippen LogP contribution in [-0.4, -0.2) is 17.0 Å². The highest BCUT2D eigenvalue weighted by Gasteiger charge is 2.31. The fraction of sp³-hybridized carbons (Fsp3) is 0.103.